The third-order valence-electron chi connectivity index (χ3n) is 7.51. The quantitative estimate of drug-likeness (QED) is 0.291. The van der Waals surface area contributed by atoms with Gasteiger partial charge in [-0.25, -0.2) is 0 Å². The summed E-state index contributed by atoms with van der Waals surface area (Å²) in [6.07, 6.45) is 29.0. The van der Waals surface area contributed by atoms with Crippen LogP contribution in [0.5, 0.6) is 0 Å². The van der Waals surface area contributed by atoms with Crippen molar-refractivity contribution >= 4 is 0 Å². The van der Waals surface area contributed by atoms with Gasteiger partial charge in [0.15, 0.2) is 0 Å². The minimum absolute atomic E-state index is 0.0417. The molecule has 0 aromatic rings. The Labute approximate surface area is 196 Å². The third kappa shape index (κ3) is 7.35. The van der Waals surface area contributed by atoms with Crippen molar-refractivity contribution in [2.24, 2.45) is 17.6 Å². The Kier molecular flexibility index (Phi) is 10.1. The summed E-state index contributed by atoms with van der Waals surface area (Å²) in [5.74, 6) is 0.279. The largest absolute Gasteiger partial charge is 0.463 e. The van der Waals surface area contributed by atoms with Crippen LogP contribution in [-0.2, 0) is 4.74 Å². The molecule has 2 bridgehead atoms. The van der Waals surface area contributed by atoms with Gasteiger partial charge in [0, 0.05) is 24.0 Å². The van der Waals surface area contributed by atoms with Gasteiger partial charge in [-0.05, 0) is 38.2 Å². The van der Waals surface area contributed by atoms with Gasteiger partial charge in [0.2, 0.25) is 5.79 Å². The highest BCUT2D eigenvalue weighted by Crippen LogP contribution is 2.46. The van der Waals surface area contributed by atoms with Crippen molar-refractivity contribution in [2.45, 2.75) is 122 Å². The molecule has 2 aliphatic carbocycles. The van der Waals surface area contributed by atoms with Gasteiger partial charge in [-0.1, -0.05) is 107 Å². The van der Waals surface area contributed by atoms with Gasteiger partial charge in [0.05, 0.1) is 0 Å². The smallest absolute Gasteiger partial charge is 0.233 e. The zero-order chi connectivity index (χ0) is 22.8. The minimum atomic E-state index is -1.22. The van der Waals surface area contributed by atoms with E-state index in [9.17, 15) is 5.11 Å². The molecule has 3 nitrogen and oxygen atoms in total. The van der Waals surface area contributed by atoms with E-state index < -0.39 is 5.79 Å². The molecule has 0 radical (unpaired) electrons. The molecule has 0 spiro atoms. The molecule has 3 aliphatic rings. The predicted octanol–water partition coefficient (Wildman–Crippen LogP) is 7.48. The second-order valence-corrected chi connectivity index (χ2v) is 10.5. The number of unbranched alkanes of at least 4 members (excludes halogenated alkanes) is 10. The lowest BCUT2D eigenvalue weighted by molar-refractivity contribution is -0.185. The Hall–Kier alpha value is -1.32. The SMILES string of the molecule is CCCCCCCCCCCCCC1CC2C=CC=C(C2)OC1(O)C1=CC(C)=CC(N)C1. The maximum atomic E-state index is 11.9. The monoisotopic (exact) mass is 441 g/mol. The molecule has 1 aliphatic heterocycles. The summed E-state index contributed by atoms with van der Waals surface area (Å²) in [5.41, 5.74) is 8.37. The van der Waals surface area contributed by atoms with Gasteiger partial charge < -0.3 is 15.6 Å². The zero-order valence-corrected chi connectivity index (χ0v) is 20.7. The molecular weight excluding hydrogens is 394 g/mol. The van der Waals surface area contributed by atoms with Crippen LogP contribution in [0.15, 0.2) is 47.3 Å². The highest BCUT2D eigenvalue weighted by atomic mass is 16.6. The number of allylic oxidation sites excluding steroid dienone is 6. The van der Waals surface area contributed by atoms with Gasteiger partial charge in [0.25, 0.3) is 0 Å². The zero-order valence-electron chi connectivity index (χ0n) is 20.7. The highest BCUT2D eigenvalue weighted by molar-refractivity contribution is 5.35. The summed E-state index contributed by atoms with van der Waals surface area (Å²) in [4.78, 5) is 0. The molecule has 0 aromatic heterocycles. The van der Waals surface area contributed by atoms with Gasteiger partial charge in [-0.2, -0.15) is 0 Å². The molecule has 180 valence electrons. The number of hydrogen-bond donors (Lipinski definition) is 2. The number of ether oxygens (including phenoxy) is 1. The van der Waals surface area contributed by atoms with Crippen molar-refractivity contribution in [3.8, 4) is 0 Å². The molecule has 1 saturated heterocycles. The van der Waals surface area contributed by atoms with E-state index in [1.807, 2.05) is 6.08 Å². The first-order valence-electron chi connectivity index (χ1n) is 13.4. The summed E-state index contributed by atoms with van der Waals surface area (Å²) in [7, 11) is 0. The first-order chi connectivity index (χ1) is 15.5. The molecule has 4 atom stereocenters. The van der Waals surface area contributed by atoms with Gasteiger partial charge >= 0.3 is 0 Å². The second kappa shape index (κ2) is 12.8. The topological polar surface area (TPSA) is 55.5 Å². The Bertz CT molecular complexity index is 704. The Balaban J connectivity index is 1.50. The fraction of sp³-hybridized carbons (Fsp3) is 0.724. The van der Waals surface area contributed by atoms with E-state index >= 15 is 0 Å². The average molecular weight is 442 g/mol. The summed E-state index contributed by atoms with van der Waals surface area (Å²) >= 11 is 0. The molecule has 3 heteroatoms. The third-order valence-corrected chi connectivity index (χ3v) is 7.51. The normalized spacial score (nSPS) is 29.6. The van der Waals surface area contributed by atoms with E-state index in [1.165, 1.54) is 64.2 Å². The fourth-order valence-electron chi connectivity index (χ4n) is 5.74. The number of rotatable bonds is 13. The standard InChI is InChI=1S/C29H47NO2/c1-3-4-5-6-7-8-9-10-11-12-13-16-25-20-24-15-14-17-28(21-24)32-29(25,31)26-18-23(2)19-27(30)22-26/h14-15,17-19,24-25,27,31H,3-13,16,20-22,30H2,1-2H3. The van der Waals surface area contributed by atoms with Gasteiger partial charge in [0.1, 0.15) is 5.76 Å². The van der Waals surface area contributed by atoms with E-state index in [-0.39, 0.29) is 12.0 Å². The van der Waals surface area contributed by atoms with E-state index in [4.69, 9.17) is 10.5 Å². The Morgan fingerprint density at radius 2 is 1.66 bits per heavy atom. The van der Waals surface area contributed by atoms with Crippen molar-refractivity contribution < 1.29 is 9.84 Å². The van der Waals surface area contributed by atoms with Crippen molar-refractivity contribution in [3.63, 3.8) is 0 Å². The molecule has 1 heterocycles. The predicted molar refractivity (Wildman–Crippen MR) is 135 cm³/mol. The maximum Gasteiger partial charge on any atom is 0.233 e. The van der Waals surface area contributed by atoms with Crippen molar-refractivity contribution in [2.75, 3.05) is 0 Å². The lowest BCUT2D eigenvalue weighted by atomic mass is 9.77. The number of fused-ring (bicyclic) bond motifs is 2. The van der Waals surface area contributed by atoms with Crippen LogP contribution in [0.1, 0.15) is 110 Å². The summed E-state index contributed by atoms with van der Waals surface area (Å²) < 4.78 is 6.38. The molecule has 0 amide bonds. The fourth-order valence-corrected chi connectivity index (χ4v) is 5.74. The van der Waals surface area contributed by atoms with Crippen LogP contribution in [0.4, 0.5) is 0 Å². The van der Waals surface area contributed by atoms with Crippen LogP contribution in [0.3, 0.4) is 0 Å². The molecule has 4 unspecified atom stereocenters. The van der Waals surface area contributed by atoms with Crippen LogP contribution < -0.4 is 5.73 Å². The average Bonchev–Trinajstić information content (AvgIpc) is 2.85. The molecule has 0 saturated carbocycles. The van der Waals surface area contributed by atoms with Crippen molar-refractivity contribution in [3.05, 3.63) is 47.3 Å². The molecule has 32 heavy (non-hydrogen) atoms. The van der Waals surface area contributed by atoms with Gasteiger partial charge in [-0.3, -0.25) is 0 Å². The number of nitrogens with two attached hydrogens (primary N) is 1. The van der Waals surface area contributed by atoms with Crippen LogP contribution in [-0.4, -0.2) is 16.9 Å². The molecular formula is C29H47NO2. The van der Waals surface area contributed by atoms with E-state index in [0.717, 1.165) is 42.6 Å². The summed E-state index contributed by atoms with van der Waals surface area (Å²) in [5, 5.41) is 11.9. The summed E-state index contributed by atoms with van der Waals surface area (Å²) in [6, 6.07) is -0.0417. The second-order valence-electron chi connectivity index (χ2n) is 10.5. The van der Waals surface area contributed by atoms with E-state index in [2.05, 4.69) is 38.2 Å². The first-order valence-corrected chi connectivity index (χ1v) is 13.4. The minimum Gasteiger partial charge on any atom is -0.463 e. The van der Waals surface area contributed by atoms with Gasteiger partial charge in [-0.15, -0.1) is 0 Å². The Morgan fingerprint density at radius 3 is 2.31 bits per heavy atom. The van der Waals surface area contributed by atoms with Crippen molar-refractivity contribution in [1.82, 2.24) is 0 Å². The van der Waals surface area contributed by atoms with Crippen LogP contribution in [0.2, 0.25) is 0 Å². The van der Waals surface area contributed by atoms with Crippen LogP contribution >= 0.6 is 0 Å². The maximum absolute atomic E-state index is 11.9. The first kappa shape index (κ1) is 25.3. The Morgan fingerprint density at radius 1 is 1.00 bits per heavy atom. The molecule has 3 N–H and O–H groups in total. The van der Waals surface area contributed by atoms with Crippen molar-refractivity contribution in [1.29, 1.82) is 0 Å². The van der Waals surface area contributed by atoms with E-state index in [1.54, 1.807) is 0 Å². The summed E-state index contributed by atoms with van der Waals surface area (Å²) in [6.45, 7) is 4.35. The van der Waals surface area contributed by atoms with Crippen LogP contribution in [0.25, 0.3) is 0 Å². The molecule has 3 rings (SSSR count). The lowest BCUT2D eigenvalue weighted by Gasteiger charge is -2.39. The molecule has 0 aromatic carbocycles. The highest BCUT2D eigenvalue weighted by Gasteiger charge is 2.46. The lowest BCUT2D eigenvalue weighted by Crippen LogP contribution is -2.44. The number of hydrogen-bond acceptors (Lipinski definition) is 3. The molecule has 1 fully saturated rings. The van der Waals surface area contributed by atoms with Crippen LogP contribution in [0, 0.1) is 11.8 Å². The van der Waals surface area contributed by atoms with E-state index in [0.29, 0.717) is 12.3 Å². The number of aliphatic hydroxyl groups is 1.